The van der Waals surface area contributed by atoms with Crippen LogP contribution in [0.25, 0.3) is 0 Å². The van der Waals surface area contributed by atoms with Crippen LogP contribution in [0.1, 0.15) is 46.8 Å². The Balaban J connectivity index is 1.29. The van der Waals surface area contributed by atoms with Gasteiger partial charge in [-0.2, -0.15) is 0 Å². The van der Waals surface area contributed by atoms with Gasteiger partial charge in [0.2, 0.25) is 0 Å². The molecule has 1 unspecified atom stereocenters. The number of nitrogens with one attached hydrogen (secondary N) is 1. The van der Waals surface area contributed by atoms with E-state index in [4.69, 9.17) is 14.2 Å². The standard InChI is InChI=1S/C29H30N2O5/c1-34-25-10-6-5-9-23(25)30-28(32)18-36-26-16-12-20(17-27(26)35-2)29(33)31(21-13-14-21)24-15-11-19-7-3-4-8-22(19)24/h3-10,12,16-17,21,24H,11,13-15,18H2,1-2H3,(H,30,32). The van der Waals surface area contributed by atoms with E-state index in [2.05, 4.69) is 28.4 Å². The Morgan fingerprint density at radius 1 is 0.889 bits per heavy atom. The monoisotopic (exact) mass is 486 g/mol. The van der Waals surface area contributed by atoms with E-state index in [0.29, 0.717) is 28.5 Å². The predicted octanol–water partition coefficient (Wildman–Crippen LogP) is 5.01. The molecule has 1 N–H and O–H groups in total. The van der Waals surface area contributed by atoms with Crippen LogP contribution in [-0.2, 0) is 11.2 Å². The number of para-hydroxylation sites is 2. The van der Waals surface area contributed by atoms with Gasteiger partial charge >= 0.3 is 0 Å². The van der Waals surface area contributed by atoms with Crippen LogP contribution in [0.4, 0.5) is 5.69 Å². The van der Waals surface area contributed by atoms with Crippen LogP contribution in [-0.4, -0.2) is 43.6 Å². The fourth-order valence-electron chi connectivity index (χ4n) is 4.88. The first kappa shape index (κ1) is 23.7. The number of hydrogen-bond acceptors (Lipinski definition) is 5. The zero-order chi connectivity index (χ0) is 25.1. The summed E-state index contributed by atoms with van der Waals surface area (Å²) in [5.41, 5.74) is 3.70. The molecule has 3 aromatic rings. The fraction of sp³-hybridized carbons (Fsp3) is 0.310. The molecule has 2 aliphatic rings. The lowest BCUT2D eigenvalue weighted by atomic mass is 10.0. The van der Waals surface area contributed by atoms with Gasteiger partial charge in [0.1, 0.15) is 5.75 Å². The highest BCUT2D eigenvalue weighted by molar-refractivity contribution is 5.96. The number of fused-ring (bicyclic) bond motifs is 1. The summed E-state index contributed by atoms with van der Waals surface area (Å²) in [6.45, 7) is -0.214. The molecule has 0 aromatic heterocycles. The number of hydrogen-bond donors (Lipinski definition) is 1. The minimum atomic E-state index is -0.332. The summed E-state index contributed by atoms with van der Waals surface area (Å²) < 4.78 is 16.5. The van der Waals surface area contributed by atoms with Gasteiger partial charge in [0.15, 0.2) is 18.1 Å². The van der Waals surface area contributed by atoms with Gasteiger partial charge in [-0.05, 0) is 67.1 Å². The van der Waals surface area contributed by atoms with Crippen molar-refractivity contribution in [1.29, 1.82) is 0 Å². The third-order valence-electron chi connectivity index (χ3n) is 6.76. The number of carbonyl (C=O) groups excluding carboxylic acids is 2. The molecule has 36 heavy (non-hydrogen) atoms. The molecule has 0 aliphatic heterocycles. The largest absolute Gasteiger partial charge is 0.495 e. The van der Waals surface area contributed by atoms with Gasteiger partial charge in [-0.1, -0.05) is 36.4 Å². The zero-order valence-electron chi connectivity index (χ0n) is 20.5. The molecule has 186 valence electrons. The van der Waals surface area contributed by atoms with Gasteiger partial charge < -0.3 is 24.4 Å². The molecule has 1 atom stereocenters. The van der Waals surface area contributed by atoms with Gasteiger partial charge in [0.05, 0.1) is 25.9 Å². The number of anilines is 1. The van der Waals surface area contributed by atoms with Gasteiger partial charge in [-0.3, -0.25) is 9.59 Å². The Labute approximate surface area is 211 Å². The molecule has 2 amide bonds. The maximum atomic E-state index is 13.7. The first-order chi connectivity index (χ1) is 17.6. The topological polar surface area (TPSA) is 77.1 Å². The molecule has 0 saturated heterocycles. The Kier molecular flexibility index (Phi) is 6.80. The van der Waals surface area contributed by atoms with Crippen molar-refractivity contribution < 1.29 is 23.8 Å². The highest BCUT2D eigenvalue weighted by Crippen LogP contribution is 2.43. The number of rotatable bonds is 9. The summed E-state index contributed by atoms with van der Waals surface area (Å²) in [6.07, 6.45) is 4.00. The number of carbonyl (C=O) groups is 2. The Morgan fingerprint density at radius 3 is 2.42 bits per heavy atom. The van der Waals surface area contributed by atoms with E-state index in [1.54, 1.807) is 37.4 Å². The highest BCUT2D eigenvalue weighted by atomic mass is 16.5. The average Bonchev–Trinajstić information content (AvgIpc) is 3.66. The molecule has 0 bridgehead atoms. The minimum absolute atomic E-state index is 0.00188. The number of benzene rings is 3. The summed E-state index contributed by atoms with van der Waals surface area (Å²) in [6, 6.07) is 21.1. The van der Waals surface area contributed by atoms with Crippen LogP contribution >= 0.6 is 0 Å². The van der Waals surface area contributed by atoms with Crippen molar-refractivity contribution in [3.63, 3.8) is 0 Å². The third kappa shape index (κ3) is 4.87. The van der Waals surface area contributed by atoms with Crippen molar-refractivity contribution in [3.05, 3.63) is 83.4 Å². The van der Waals surface area contributed by atoms with Crippen LogP contribution in [0.15, 0.2) is 66.7 Å². The van der Waals surface area contributed by atoms with Gasteiger partial charge in [-0.15, -0.1) is 0 Å². The van der Waals surface area contributed by atoms with Crippen molar-refractivity contribution in [3.8, 4) is 17.2 Å². The molecule has 1 saturated carbocycles. The molecule has 0 radical (unpaired) electrons. The SMILES string of the molecule is COc1ccccc1NC(=O)COc1ccc(C(=O)N(C2CC2)C2CCc3ccccc32)cc1OC. The summed E-state index contributed by atoms with van der Waals surface area (Å²) in [5, 5.41) is 2.78. The molecule has 0 spiro atoms. The zero-order valence-corrected chi connectivity index (χ0v) is 20.5. The Morgan fingerprint density at radius 2 is 1.64 bits per heavy atom. The van der Waals surface area contributed by atoms with Gasteiger partial charge in [0.25, 0.3) is 11.8 Å². The predicted molar refractivity (Wildman–Crippen MR) is 137 cm³/mol. The number of methoxy groups -OCH3 is 2. The van der Waals surface area contributed by atoms with Crippen LogP contribution in [0, 0.1) is 0 Å². The van der Waals surface area contributed by atoms with E-state index in [1.165, 1.54) is 18.2 Å². The van der Waals surface area contributed by atoms with E-state index in [9.17, 15) is 9.59 Å². The van der Waals surface area contributed by atoms with Crippen molar-refractivity contribution >= 4 is 17.5 Å². The number of aryl methyl sites for hydroxylation is 1. The van der Waals surface area contributed by atoms with Crippen LogP contribution in [0.2, 0.25) is 0 Å². The van der Waals surface area contributed by atoms with Crippen molar-refractivity contribution in [2.24, 2.45) is 0 Å². The van der Waals surface area contributed by atoms with E-state index in [-0.39, 0.29) is 30.5 Å². The molecule has 1 fully saturated rings. The molecule has 7 nitrogen and oxygen atoms in total. The highest BCUT2D eigenvalue weighted by Gasteiger charge is 2.40. The number of nitrogens with zero attached hydrogens (tertiary/aromatic N) is 1. The van der Waals surface area contributed by atoms with E-state index in [0.717, 1.165) is 25.7 Å². The van der Waals surface area contributed by atoms with Crippen molar-refractivity contribution in [1.82, 2.24) is 4.90 Å². The molecular weight excluding hydrogens is 456 g/mol. The van der Waals surface area contributed by atoms with Crippen LogP contribution in [0.5, 0.6) is 17.2 Å². The summed E-state index contributed by atoms with van der Waals surface area (Å²) in [7, 11) is 3.07. The quantitative estimate of drug-likeness (QED) is 0.460. The summed E-state index contributed by atoms with van der Waals surface area (Å²) in [5.74, 6) is 1.04. The first-order valence-electron chi connectivity index (χ1n) is 12.2. The van der Waals surface area contributed by atoms with Crippen molar-refractivity contribution in [2.45, 2.75) is 37.8 Å². The van der Waals surface area contributed by atoms with Gasteiger partial charge in [-0.25, -0.2) is 0 Å². The molecule has 2 aliphatic carbocycles. The summed E-state index contributed by atoms with van der Waals surface area (Å²) in [4.78, 5) is 28.2. The first-order valence-corrected chi connectivity index (χ1v) is 12.2. The van der Waals surface area contributed by atoms with E-state index in [1.807, 2.05) is 18.2 Å². The van der Waals surface area contributed by atoms with Crippen LogP contribution in [0.3, 0.4) is 0 Å². The number of amides is 2. The molecule has 5 rings (SSSR count). The second-order valence-corrected chi connectivity index (χ2v) is 9.10. The van der Waals surface area contributed by atoms with Gasteiger partial charge in [0, 0.05) is 11.6 Å². The minimum Gasteiger partial charge on any atom is -0.495 e. The van der Waals surface area contributed by atoms with E-state index >= 15 is 0 Å². The lowest BCUT2D eigenvalue weighted by Crippen LogP contribution is -2.36. The third-order valence-corrected chi connectivity index (χ3v) is 6.76. The maximum absolute atomic E-state index is 13.7. The number of ether oxygens (including phenoxy) is 3. The second kappa shape index (κ2) is 10.3. The molecular formula is C29H30N2O5. The molecule has 0 heterocycles. The lowest BCUT2D eigenvalue weighted by molar-refractivity contribution is -0.118. The normalized spacial score (nSPS) is 16.1. The lowest BCUT2D eigenvalue weighted by Gasteiger charge is -2.30. The fourth-order valence-corrected chi connectivity index (χ4v) is 4.88. The Hall–Kier alpha value is -4.00. The Bertz CT molecular complexity index is 1270. The molecule has 7 heteroatoms. The average molecular weight is 487 g/mol. The van der Waals surface area contributed by atoms with Crippen molar-refractivity contribution in [2.75, 3.05) is 26.1 Å². The van der Waals surface area contributed by atoms with Crippen LogP contribution < -0.4 is 19.5 Å². The second-order valence-electron chi connectivity index (χ2n) is 9.10. The molecule has 3 aromatic carbocycles. The maximum Gasteiger partial charge on any atom is 0.262 e. The summed E-state index contributed by atoms with van der Waals surface area (Å²) >= 11 is 0. The van der Waals surface area contributed by atoms with E-state index < -0.39 is 0 Å². The smallest absolute Gasteiger partial charge is 0.262 e.